The van der Waals surface area contributed by atoms with Crippen LogP contribution in [-0.2, 0) is 14.3 Å². The quantitative estimate of drug-likeness (QED) is 0.260. The van der Waals surface area contributed by atoms with E-state index >= 15 is 0 Å². The molecule has 0 spiro atoms. The molecule has 0 bridgehead atoms. The third kappa shape index (κ3) is 7.37. The lowest BCUT2D eigenvalue weighted by Crippen LogP contribution is -2.45. The van der Waals surface area contributed by atoms with Gasteiger partial charge in [-0.05, 0) is 32.0 Å². The molecule has 2 aliphatic heterocycles. The number of anilines is 1. The number of aliphatic carboxylic acids is 2. The van der Waals surface area contributed by atoms with E-state index in [2.05, 4.69) is 11.8 Å². The minimum absolute atomic E-state index is 0.0796. The van der Waals surface area contributed by atoms with Crippen LogP contribution in [0.3, 0.4) is 0 Å². The zero-order valence-electron chi connectivity index (χ0n) is 18.3. The molecule has 1 saturated heterocycles. The van der Waals surface area contributed by atoms with E-state index in [0.717, 1.165) is 32.4 Å². The molecular weight excluding hydrogens is 460 g/mol. The van der Waals surface area contributed by atoms with E-state index in [-0.39, 0.29) is 40.3 Å². The molecule has 0 saturated carbocycles. The zero-order chi connectivity index (χ0) is 24.5. The molecule has 2 heterocycles. The van der Waals surface area contributed by atoms with Crippen molar-refractivity contribution in [1.82, 2.24) is 4.90 Å². The summed E-state index contributed by atoms with van der Waals surface area (Å²) in [7, 11) is 0. The van der Waals surface area contributed by atoms with Gasteiger partial charge in [0.05, 0.1) is 23.4 Å². The van der Waals surface area contributed by atoms with Crippen molar-refractivity contribution in [1.29, 1.82) is 0 Å². The summed E-state index contributed by atoms with van der Waals surface area (Å²) in [5.41, 5.74) is 6.34. The van der Waals surface area contributed by atoms with Crippen LogP contribution in [0.25, 0.3) is 0 Å². The fraction of sp³-hybridized carbons (Fsp3) is 0.571. The van der Waals surface area contributed by atoms with E-state index in [1.807, 2.05) is 0 Å². The van der Waals surface area contributed by atoms with E-state index in [0.29, 0.717) is 19.8 Å². The van der Waals surface area contributed by atoms with Gasteiger partial charge in [0, 0.05) is 12.5 Å². The fourth-order valence-electron chi connectivity index (χ4n) is 3.43. The number of β-amino-alcohol motifs (C(OH)–C–C–N with tert-alkyl or cyclic N) is 1. The number of aliphatic hydroxyl groups is 1. The van der Waals surface area contributed by atoms with E-state index in [1.165, 1.54) is 6.07 Å². The summed E-state index contributed by atoms with van der Waals surface area (Å²) in [5, 5.41) is 25.4. The number of halogens is 1. The summed E-state index contributed by atoms with van der Waals surface area (Å²) in [6.07, 6.45) is 2.54. The van der Waals surface area contributed by atoms with Crippen molar-refractivity contribution in [3.05, 3.63) is 16.7 Å². The minimum atomic E-state index is -1.82. The molecule has 2 aliphatic rings. The first kappa shape index (κ1) is 26.5. The standard InChI is InChI=1S/C19H27ClN2O5.C2H2O4/c1-2-3-5-22-6-4-12(15(23)10-22)11-27-19(24)13-9-14(20)16(21)18-17(13)25-7-8-26-18;3-1(4)2(5)6/h9,12,15,23H,2-8,10-11,21H2,1H3;(H,3,4)(H,5,6)/t12-,15+;/m0./s1. The Morgan fingerprint density at radius 1 is 1.21 bits per heavy atom. The van der Waals surface area contributed by atoms with Crippen molar-refractivity contribution in [2.24, 2.45) is 5.92 Å². The maximum Gasteiger partial charge on any atom is 0.414 e. The van der Waals surface area contributed by atoms with Crippen LogP contribution < -0.4 is 15.2 Å². The Morgan fingerprint density at radius 2 is 1.85 bits per heavy atom. The highest BCUT2D eigenvalue weighted by molar-refractivity contribution is 6.34. The molecule has 0 aromatic heterocycles. The maximum absolute atomic E-state index is 12.6. The number of nitrogens with zero attached hydrogens (tertiary/aromatic N) is 1. The van der Waals surface area contributed by atoms with Crippen LogP contribution in [0.4, 0.5) is 5.69 Å². The van der Waals surface area contributed by atoms with Gasteiger partial charge in [0.1, 0.15) is 18.8 Å². The monoisotopic (exact) mass is 488 g/mol. The van der Waals surface area contributed by atoms with Gasteiger partial charge in [-0.1, -0.05) is 24.9 Å². The van der Waals surface area contributed by atoms with Gasteiger partial charge in [0.15, 0.2) is 11.5 Å². The van der Waals surface area contributed by atoms with Crippen molar-refractivity contribution < 1.29 is 43.9 Å². The maximum atomic E-state index is 12.6. The molecule has 3 rings (SSSR count). The van der Waals surface area contributed by atoms with Crippen molar-refractivity contribution in [3.63, 3.8) is 0 Å². The molecule has 0 unspecified atom stereocenters. The number of carbonyl (C=O) groups excluding carboxylic acids is 1. The number of rotatable bonds is 6. The van der Waals surface area contributed by atoms with Crippen LogP contribution in [-0.4, -0.2) is 83.7 Å². The third-order valence-electron chi connectivity index (χ3n) is 5.26. The lowest BCUT2D eigenvalue weighted by molar-refractivity contribution is -0.159. The second-order valence-electron chi connectivity index (χ2n) is 7.65. The van der Waals surface area contributed by atoms with Crippen LogP contribution in [0, 0.1) is 5.92 Å². The number of carboxylic acid groups (broad SMARTS) is 2. The second-order valence-corrected chi connectivity index (χ2v) is 8.06. The average molecular weight is 489 g/mol. The van der Waals surface area contributed by atoms with Gasteiger partial charge >= 0.3 is 17.9 Å². The van der Waals surface area contributed by atoms with Gasteiger partial charge in [0.2, 0.25) is 0 Å². The number of unbranched alkanes of at least 4 members (excludes halogenated alkanes) is 1. The van der Waals surface area contributed by atoms with Crippen LogP contribution >= 0.6 is 11.6 Å². The number of ether oxygens (including phenoxy) is 3. The lowest BCUT2D eigenvalue weighted by atomic mass is 9.94. The number of carbonyl (C=O) groups is 3. The second kappa shape index (κ2) is 12.5. The molecular formula is C21H29ClN2O9. The van der Waals surface area contributed by atoms with Crippen molar-refractivity contribution in [3.8, 4) is 11.5 Å². The number of nitrogen functional groups attached to an aromatic ring is 1. The summed E-state index contributed by atoms with van der Waals surface area (Å²) in [6.45, 7) is 5.48. The first-order valence-electron chi connectivity index (χ1n) is 10.6. The van der Waals surface area contributed by atoms with E-state index < -0.39 is 24.0 Å². The topological polar surface area (TPSA) is 169 Å². The number of hydrogen-bond donors (Lipinski definition) is 4. The third-order valence-corrected chi connectivity index (χ3v) is 5.58. The van der Waals surface area contributed by atoms with E-state index in [9.17, 15) is 9.90 Å². The van der Waals surface area contributed by atoms with E-state index in [1.54, 1.807) is 0 Å². The van der Waals surface area contributed by atoms with Gasteiger partial charge in [-0.25, -0.2) is 14.4 Å². The normalized spacial score (nSPS) is 19.7. The van der Waals surface area contributed by atoms with Gasteiger partial charge in [-0.15, -0.1) is 0 Å². The summed E-state index contributed by atoms with van der Waals surface area (Å²) < 4.78 is 16.5. The van der Waals surface area contributed by atoms with Crippen molar-refractivity contribution >= 4 is 35.2 Å². The highest BCUT2D eigenvalue weighted by Crippen LogP contribution is 2.43. The number of benzene rings is 1. The number of nitrogens with two attached hydrogens (primary N) is 1. The van der Waals surface area contributed by atoms with E-state index in [4.69, 9.17) is 51.3 Å². The zero-order valence-corrected chi connectivity index (χ0v) is 19.0. The number of likely N-dealkylation sites (tertiary alicyclic amines) is 1. The molecule has 0 radical (unpaired) electrons. The Labute approximate surface area is 196 Å². The molecule has 5 N–H and O–H groups in total. The molecule has 2 atom stereocenters. The first-order chi connectivity index (χ1) is 15.6. The SMILES string of the molecule is CCCCN1CC[C@@H](COC(=O)c2cc(Cl)c(N)c3c2OCCO3)[C@H](O)C1.O=C(O)C(=O)O. The number of aliphatic hydroxyl groups excluding tert-OH is 1. The summed E-state index contributed by atoms with van der Waals surface area (Å²) in [4.78, 5) is 33.0. The van der Waals surface area contributed by atoms with Gasteiger partial charge in [0.25, 0.3) is 0 Å². The molecule has 0 aliphatic carbocycles. The molecule has 1 fully saturated rings. The Hall–Kier alpha value is -2.76. The predicted molar refractivity (Wildman–Crippen MR) is 118 cm³/mol. The minimum Gasteiger partial charge on any atom is -0.485 e. The molecule has 33 heavy (non-hydrogen) atoms. The molecule has 184 valence electrons. The largest absolute Gasteiger partial charge is 0.485 e. The van der Waals surface area contributed by atoms with Crippen LogP contribution in [0.2, 0.25) is 5.02 Å². The number of hydrogen-bond acceptors (Lipinski definition) is 9. The molecule has 0 amide bonds. The Morgan fingerprint density at radius 3 is 2.42 bits per heavy atom. The van der Waals surface area contributed by atoms with Crippen molar-refractivity contribution in [2.45, 2.75) is 32.3 Å². The van der Waals surface area contributed by atoms with Crippen LogP contribution in [0.5, 0.6) is 11.5 Å². The summed E-state index contributed by atoms with van der Waals surface area (Å²) in [5.74, 6) is -3.73. The molecule has 1 aromatic rings. The Balaban J connectivity index is 0.000000569. The van der Waals surface area contributed by atoms with Gasteiger partial charge in [-0.3, -0.25) is 0 Å². The van der Waals surface area contributed by atoms with Crippen LogP contribution in [0.1, 0.15) is 36.5 Å². The number of piperidine rings is 1. The number of carboxylic acids is 2. The Bertz CT molecular complexity index is 853. The molecule has 11 nitrogen and oxygen atoms in total. The Kier molecular flexibility index (Phi) is 10.0. The van der Waals surface area contributed by atoms with Crippen molar-refractivity contribution in [2.75, 3.05) is 45.2 Å². The summed E-state index contributed by atoms with van der Waals surface area (Å²) >= 11 is 6.11. The predicted octanol–water partition coefficient (Wildman–Crippen LogP) is 1.49. The smallest absolute Gasteiger partial charge is 0.414 e. The molecule has 1 aromatic carbocycles. The highest BCUT2D eigenvalue weighted by Gasteiger charge is 2.30. The fourth-order valence-corrected chi connectivity index (χ4v) is 3.63. The summed E-state index contributed by atoms with van der Waals surface area (Å²) in [6, 6.07) is 1.44. The van der Waals surface area contributed by atoms with Gasteiger partial charge < -0.3 is 40.2 Å². The number of fused-ring (bicyclic) bond motifs is 1. The highest BCUT2D eigenvalue weighted by atomic mass is 35.5. The molecule has 12 heteroatoms. The van der Waals surface area contributed by atoms with Gasteiger partial charge in [-0.2, -0.15) is 0 Å². The number of esters is 1. The lowest BCUT2D eigenvalue weighted by Gasteiger charge is -2.35. The van der Waals surface area contributed by atoms with Crippen LogP contribution in [0.15, 0.2) is 6.07 Å². The average Bonchev–Trinajstić information content (AvgIpc) is 2.79. The first-order valence-corrected chi connectivity index (χ1v) is 10.9.